The van der Waals surface area contributed by atoms with Gasteiger partial charge in [-0.3, -0.25) is 0 Å². The minimum Gasteiger partial charge on any atom is -0.493 e. The van der Waals surface area contributed by atoms with Gasteiger partial charge in [-0.25, -0.2) is 4.79 Å². The number of carbonyl (C=O) groups excluding carboxylic acids is 1. The Morgan fingerprint density at radius 3 is 2.78 bits per heavy atom. The fourth-order valence-electron chi connectivity index (χ4n) is 3.90. The molecule has 0 unspecified atom stereocenters. The van der Waals surface area contributed by atoms with Crippen molar-refractivity contribution in [3.63, 3.8) is 0 Å². The fraction of sp³-hybridized carbons (Fsp3) is 0.682. The van der Waals surface area contributed by atoms with Crippen molar-refractivity contribution in [1.82, 2.24) is 10.2 Å². The lowest BCUT2D eigenvalue weighted by atomic mass is 9.90. The maximum absolute atomic E-state index is 12.8. The first-order valence-electron chi connectivity index (χ1n) is 10.2. The molecule has 5 heteroatoms. The van der Waals surface area contributed by atoms with Crippen molar-refractivity contribution >= 4 is 6.09 Å². The minimum absolute atomic E-state index is 0.0488. The zero-order valence-electron chi connectivity index (χ0n) is 17.2. The molecule has 1 N–H and O–H groups in total. The van der Waals surface area contributed by atoms with Crippen LogP contribution < -0.4 is 10.1 Å². The lowest BCUT2D eigenvalue weighted by Crippen LogP contribution is -2.44. The zero-order valence-corrected chi connectivity index (χ0v) is 17.2. The van der Waals surface area contributed by atoms with E-state index in [0.29, 0.717) is 11.8 Å². The van der Waals surface area contributed by atoms with Crippen LogP contribution in [0.3, 0.4) is 0 Å². The Morgan fingerprint density at radius 1 is 1.26 bits per heavy atom. The molecule has 27 heavy (non-hydrogen) atoms. The summed E-state index contributed by atoms with van der Waals surface area (Å²) in [6, 6.07) is 8.29. The van der Waals surface area contributed by atoms with Gasteiger partial charge in [0.15, 0.2) is 0 Å². The Morgan fingerprint density at radius 2 is 2.07 bits per heavy atom. The van der Waals surface area contributed by atoms with Gasteiger partial charge in [0.1, 0.15) is 11.4 Å². The molecule has 1 aromatic rings. The number of nitrogens with one attached hydrogen (secondary N) is 1. The van der Waals surface area contributed by atoms with Crippen molar-refractivity contribution < 1.29 is 14.3 Å². The topological polar surface area (TPSA) is 50.8 Å². The number of carbonyl (C=O) groups is 1. The second-order valence-corrected chi connectivity index (χ2v) is 9.07. The van der Waals surface area contributed by atoms with E-state index in [1.54, 1.807) is 0 Å². The van der Waals surface area contributed by atoms with E-state index in [1.165, 1.54) is 6.42 Å². The SMILES string of the molecule is C[C@H]1CC[C@H](c2cccc(OC[C@@H]3CCNC3)c2)N(C(=O)OC(C)(C)C)C1. The maximum Gasteiger partial charge on any atom is 0.410 e. The van der Waals surface area contributed by atoms with Gasteiger partial charge >= 0.3 is 6.09 Å². The van der Waals surface area contributed by atoms with Gasteiger partial charge in [0.25, 0.3) is 0 Å². The van der Waals surface area contributed by atoms with E-state index in [1.807, 2.05) is 37.8 Å². The van der Waals surface area contributed by atoms with E-state index in [-0.39, 0.29) is 12.1 Å². The van der Waals surface area contributed by atoms with Crippen molar-refractivity contribution in [1.29, 1.82) is 0 Å². The Labute approximate surface area is 163 Å². The fourth-order valence-corrected chi connectivity index (χ4v) is 3.90. The number of nitrogens with zero attached hydrogens (tertiary/aromatic N) is 1. The molecule has 2 heterocycles. The van der Waals surface area contributed by atoms with E-state index in [9.17, 15) is 4.79 Å². The van der Waals surface area contributed by atoms with Gasteiger partial charge in [0.2, 0.25) is 0 Å². The largest absolute Gasteiger partial charge is 0.493 e. The lowest BCUT2D eigenvalue weighted by molar-refractivity contribution is 0.00360. The molecule has 0 spiro atoms. The van der Waals surface area contributed by atoms with Crippen molar-refractivity contribution in [2.24, 2.45) is 11.8 Å². The average Bonchev–Trinajstić information content (AvgIpc) is 3.12. The molecule has 0 saturated carbocycles. The van der Waals surface area contributed by atoms with Gasteiger partial charge in [0, 0.05) is 19.0 Å². The van der Waals surface area contributed by atoms with E-state index in [4.69, 9.17) is 9.47 Å². The van der Waals surface area contributed by atoms with Gasteiger partial charge in [-0.15, -0.1) is 0 Å². The summed E-state index contributed by atoms with van der Waals surface area (Å²) in [5.74, 6) is 1.97. The minimum atomic E-state index is -0.484. The summed E-state index contributed by atoms with van der Waals surface area (Å²) in [6.45, 7) is 11.5. The first kappa shape index (κ1) is 20.0. The molecule has 0 radical (unpaired) electrons. The van der Waals surface area contributed by atoms with Gasteiger partial charge in [-0.2, -0.15) is 0 Å². The summed E-state index contributed by atoms with van der Waals surface area (Å²) < 4.78 is 11.7. The third-order valence-electron chi connectivity index (χ3n) is 5.34. The predicted octanol–water partition coefficient (Wildman–Crippen LogP) is 4.38. The highest BCUT2D eigenvalue weighted by molar-refractivity contribution is 5.69. The second-order valence-electron chi connectivity index (χ2n) is 9.07. The molecule has 0 bridgehead atoms. The van der Waals surface area contributed by atoms with E-state index in [2.05, 4.69) is 24.4 Å². The number of ether oxygens (including phenoxy) is 2. The normalized spacial score (nSPS) is 26.1. The number of hydrogen-bond donors (Lipinski definition) is 1. The predicted molar refractivity (Wildman–Crippen MR) is 107 cm³/mol. The number of amides is 1. The number of benzene rings is 1. The third-order valence-corrected chi connectivity index (χ3v) is 5.34. The van der Waals surface area contributed by atoms with Crippen LogP contribution in [0.2, 0.25) is 0 Å². The zero-order chi connectivity index (χ0) is 19.4. The molecule has 3 atom stereocenters. The summed E-state index contributed by atoms with van der Waals surface area (Å²) in [7, 11) is 0. The van der Waals surface area contributed by atoms with Crippen molar-refractivity contribution in [2.45, 2.75) is 58.6 Å². The first-order valence-corrected chi connectivity index (χ1v) is 10.2. The van der Waals surface area contributed by atoms with Gasteiger partial charge < -0.3 is 19.7 Å². The molecule has 3 rings (SSSR count). The van der Waals surface area contributed by atoms with E-state index >= 15 is 0 Å². The second kappa shape index (κ2) is 8.51. The highest BCUT2D eigenvalue weighted by Gasteiger charge is 2.34. The van der Waals surface area contributed by atoms with Crippen LogP contribution in [-0.4, -0.2) is 42.8 Å². The van der Waals surface area contributed by atoms with Crippen molar-refractivity contribution in [3.05, 3.63) is 29.8 Å². The van der Waals surface area contributed by atoms with E-state index in [0.717, 1.165) is 50.4 Å². The van der Waals surface area contributed by atoms with Crippen LogP contribution >= 0.6 is 0 Å². The highest BCUT2D eigenvalue weighted by atomic mass is 16.6. The summed E-state index contributed by atoms with van der Waals surface area (Å²) >= 11 is 0. The summed E-state index contributed by atoms with van der Waals surface area (Å²) in [6.07, 6.45) is 3.02. The number of rotatable bonds is 4. The smallest absolute Gasteiger partial charge is 0.410 e. The lowest BCUT2D eigenvalue weighted by Gasteiger charge is -2.39. The van der Waals surface area contributed by atoms with Crippen LogP contribution in [0.25, 0.3) is 0 Å². The molecule has 1 amide bonds. The van der Waals surface area contributed by atoms with Gasteiger partial charge in [-0.1, -0.05) is 19.1 Å². The quantitative estimate of drug-likeness (QED) is 0.849. The first-order chi connectivity index (χ1) is 12.8. The molecule has 0 aromatic heterocycles. The molecular weight excluding hydrogens is 340 g/mol. The van der Waals surface area contributed by atoms with Gasteiger partial charge in [0.05, 0.1) is 12.6 Å². The van der Waals surface area contributed by atoms with Gasteiger partial charge in [-0.05, 0) is 70.2 Å². The van der Waals surface area contributed by atoms with Crippen LogP contribution in [0.5, 0.6) is 5.75 Å². The Hall–Kier alpha value is -1.75. The highest BCUT2D eigenvalue weighted by Crippen LogP contribution is 2.35. The number of likely N-dealkylation sites (tertiary alicyclic amines) is 1. The number of piperidine rings is 1. The molecule has 1 aromatic carbocycles. The third kappa shape index (κ3) is 5.61. The van der Waals surface area contributed by atoms with Crippen molar-refractivity contribution in [2.75, 3.05) is 26.2 Å². The monoisotopic (exact) mass is 374 g/mol. The van der Waals surface area contributed by atoms with Crippen LogP contribution in [0.4, 0.5) is 4.79 Å². The summed E-state index contributed by atoms with van der Waals surface area (Å²) in [5.41, 5.74) is 0.651. The Kier molecular flexibility index (Phi) is 6.30. The molecule has 2 aliphatic rings. The Bertz CT molecular complexity index is 635. The molecule has 2 saturated heterocycles. The van der Waals surface area contributed by atoms with Crippen LogP contribution in [0.15, 0.2) is 24.3 Å². The molecular formula is C22H34N2O3. The van der Waals surface area contributed by atoms with Crippen LogP contribution in [-0.2, 0) is 4.74 Å². The molecule has 0 aliphatic carbocycles. The summed E-state index contributed by atoms with van der Waals surface area (Å²) in [5, 5.41) is 3.37. The molecule has 2 fully saturated rings. The van der Waals surface area contributed by atoms with Crippen molar-refractivity contribution in [3.8, 4) is 5.75 Å². The average molecular weight is 375 g/mol. The maximum atomic E-state index is 12.8. The molecule has 2 aliphatic heterocycles. The standard InChI is InChI=1S/C22H34N2O3/c1-16-8-9-20(24(14-16)21(25)27-22(2,3)4)18-6-5-7-19(12-18)26-15-17-10-11-23-13-17/h5-7,12,16-17,20,23H,8-11,13-15H2,1-4H3/t16-,17+,20+/m0/s1. The molecule has 150 valence electrons. The Balaban J connectivity index is 1.71. The summed E-state index contributed by atoms with van der Waals surface area (Å²) in [4.78, 5) is 14.7. The number of hydrogen-bond acceptors (Lipinski definition) is 4. The van der Waals surface area contributed by atoms with Crippen LogP contribution in [0, 0.1) is 11.8 Å². The van der Waals surface area contributed by atoms with E-state index < -0.39 is 5.60 Å². The van der Waals surface area contributed by atoms with Crippen LogP contribution in [0.1, 0.15) is 58.6 Å². The molecule has 5 nitrogen and oxygen atoms in total.